The first kappa shape index (κ1) is 14.6. The highest BCUT2D eigenvalue weighted by atomic mass is 35.5. The number of benzene rings is 1. The Labute approximate surface area is 131 Å². The van der Waals surface area contributed by atoms with Crippen molar-refractivity contribution in [2.75, 3.05) is 6.54 Å². The van der Waals surface area contributed by atoms with E-state index in [1.807, 2.05) is 30.7 Å². The lowest BCUT2D eigenvalue weighted by molar-refractivity contribution is 0.255. The topological polar surface area (TPSA) is 43.8 Å². The molecule has 1 saturated carbocycles. The zero-order valence-corrected chi connectivity index (χ0v) is 13.0. The molecular weight excluding hydrogens is 282 g/mol. The highest BCUT2D eigenvalue weighted by molar-refractivity contribution is 6.30. The molecule has 3 rings (SSSR count). The monoisotopic (exact) mass is 303 g/mol. The summed E-state index contributed by atoms with van der Waals surface area (Å²) in [7, 11) is 0. The van der Waals surface area contributed by atoms with E-state index in [1.165, 1.54) is 32.1 Å². The first-order valence-electron chi connectivity index (χ1n) is 7.77. The van der Waals surface area contributed by atoms with Gasteiger partial charge in [0.15, 0.2) is 0 Å². The fraction of sp³-hybridized carbons (Fsp3) is 0.471. The second kappa shape index (κ2) is 6.63. The maximum atomic E-state index is 6.12. The summed E-state index contributed by atoms with van der Waals surface area (Å²) in [5.74, 6) is 0.663. The zero-order valence-electron chi connectivity index (χ0n) is 12.2. The number of imidazole rings is 1. The van der Waals surface area contributed by atoms with Crippen LogP contribution in [-0.2, 0) is 0 Å². The van der Waals surface area contributed by atoms with Crippen molar-refractivity contribution in [3.8, 4) is 11.3 Å². The summed E-state index contributed by atoms with van der Waals surface area (Å²) >= 11 is 6.12. The average Bonchev–Trinajstić information content (AvgIpc) is 2.98. The van der Waals surface area contributed by atoms with Crippen molar-refractivity contribution >= 4 is 11.6 Å². The van der Waals surface area contributed by atoms with Crippen LogP contribution in [0.3, 0.4) is 0 Å². The van der Waals surface area contributed by atoms with Crippen LogP contribution < -0.4 is 5.73 Å². The molecule has 0 amide bonds. The molecule has 1 atom stereocenters. The molecule has 1 aliphatic rings. The van der Waals surface area contributed by atoms with Gasteiger partial charge >= 0.3 is 0 Å². The summed E-state index contributed by atoms with van der Waals surface area (Å²) in [6.07, 6.45) is 10.4. The first-order valence-corrected chi connectivity index (χ1v) is 8.15. The molecule has 3 nitrogen and oxygen atoms in total. The number of nitrogens with two attached hydrogens (primary N) is 1. The first-order chi connectivity index (χ1) is 10.3. The molecule has 112 valence electrons. The maximum absolute atomic E-state index is 6.12. The number of halogens is 1. The number of rotatable bonds is 4. The predicted molar refractivity (Wildman–Crippen MR) is 87.3 cm³/mol. The molecule has 0 spiro atoms. The van der Waals surface area contributed by atoms with Gasteiger partial charge in [0.05, 0.1) is 24.3 Å². The van der Waals surface area contributed by atoms with Crippen LogP contribution in [0.4, 0.5) is 0 Å². The van der Waals surface area contributed by atoms with Crippen molar-refractivity contribution in [2.45, 2.75) is 38.1 Å². The highest BCUT2D eigenvalue weighted by Crippen LogP contribution is 2.35. The summed E-state index contributed by atoms with van der Waals surface area (Å²) in [5, 5.41) is 0.752. The molecule has 21 heavy (non-hydrogen) atoms. The van der Waals surface area contributed by atoms with Gasteiger partial charge in [-0.2, -0.15) is 0 Å². The molecule has 1 unspecified atom stereocenters. The Morgan fingerprint density at radius 2 is 2.10 bits per heavy atom. The molecule has 0 aliphatic heterocycles. The Balaban J connectivity index is 1.93. The van der Waals surface area contributed by atoms with E-state index in [4.69, 9.17) is 17.3 Å². The Kier molecular flexibility index (Phi) is 4.61. The van der Waals surface area contributed by atoms with Crippen molar-refractivity contribution in [1.82, 2.24) is 9.55 Å². The minimum atomic E-state index is 0.335. The molecule has 2 N–H and O–H groups in total. The van der Waals surface area contributed by atoms with Crippen molar-refractivity contribution in [3.63, 3.8) is 0 Å². The molecule has 0 saturated heterocycles. The van der Waals surface area contributed by atoms with Gasteiger partial charge in [0.2, 0.25) is 0 Å². The fourth-order valence-electron chi connectivity index (χ4n) is 3.49. The van der Waals surface area contributed by atoms with E-state index in [1.54, 1.807) is 0 Å². The Morgan fingerprint density at radius 3 is 2.81 bits per heavy atom. The van der Waals surface area contributed by atoms with Crippen molar-refractivity contribution in [1.29, 1.82) is 0 Å². The summed E-state index contributed by atoms with van der Waals surface area (Å²) in [4.78, 5) is 4.36. The van der Waals surface area contributed by atoms with Crippen molar-refractivity contribution in [3.05, 3.63) is 41.8 Å². The van der Waals surface area contributed by atoms with E-state index in [0.717, 1.165) is 16.3 Å². The van der Waals surface area contributed by atoms with Gasteiger partial charge in [0, 0.05) is 17.1 Å². The minimum Gasteiger partial charge on any atom is -0.328 e. The number of hydrogen-bond acceptors (Lipinski definition) is 2. The van der Waals surface area contributed by atoms with Gasteiger partial charge in [-0.25, -0.2) is 4.98 Å². The second-order valence-electron chi connectivity index (χ2n) is 5.90. The third-order valence-corrected chi connectivity index (χ3v) is 4.81. The molecule has 2 aromatic rings. The van der Waals surface area contributed by atoms with Crippen LogP contribution in [0.5, 0.6) is 0 Å². The third kappa shape index (κ3) is 3.14. The van der Waals surface area contributed by atoms with Gasteiger partial charge in [-0.1, -0.05) is 43.0 Å². The van der Waals surface area contributed by atoms with Crippen LogP contribution in [0.2, 0.25) is 5.02 Å². The van der Waals surface area contributed by atoms with Gasteiger partial charge in [-0.05, 0) is 30.9 Å². The Hall–Kier alpha value is -1.32. The molecule has 4 heteroatoms. The number of aromatic nitrogens is 2. The lowest BCUT2D eigenvalue weighted by atomic mass is 9.83. The summed E-state index contributed by atoms with van der Waals surface area (Å²) in [6, 6.07) is 8.28. The Morgan fingerprint density at radius 1 is 1.29 bits per heavy atom. The van der Waals surface area contributed by atoms with Crippen LogP contribution in [0.15, 0.2) is 36.8 Å². The molecule has 0 radical (unpaired) electrons. The molecule has 1 aromatic carbocycles. The van der Waals surface area contributed by atoms with E-state index in [9.17, 15) is 0 Å². The summed E-state index contributed by atoms with van der Waals surface area (Å²) in [6.45, 7) is 0.661. The van der Waals surface area contributed by atoms with Gasteiger partial charge in [0.25, 0.3) is 0 Å². The normalized spacial score (nSPS) is 17.8. The van der Waals surface area contributed by atoms with Crippen LogP contribution >= 0.6 is 11.6 Å². The smallest absolute Gasteiger partial charge is 0.0954 e. The van der Waals surface area contributed by atoms with Gasteiger partial charge in [-0.15, -0.1) is 0 Å². The maximum Gasteiger partial charge on any atom is 0.0954 e. The largest absolute Gasteiger partial charge is 0.328 e. The molecule has 0 bridgehead atoms. The quantitative estimate of drug-likeness (QED) is 0.916. The van der Waals surface area contributed by atoms with E-state index in [0.29, 0.717) is 18.5 Å². The van der Waals surface area contributed by atoms with E-state index in [-0.39, 0.29) is 0 Å². The second-order valence-corrected chi connectivity index (χ2v) is 6.33. The number of nitrogens with zero attached hydrogens (tertiary/aromatic N) is 2. The van der Waals surface area contributed by atoms with E-state index in [2.05, 4.69) is 15.6 Å². The lowest BCUT2D eigenvalue weighted by Crippen LogP contribution is -2.28. The van der Waals surface area contributed by atoms with Gasteiger partial charge in [0.1, 0.15) is 0 Å². The standard InChI is InChI=1S/C17H22ClN3/c18-15-8-4-7-14(9-15)17-11-20-12-21(17)16(10-19)13-5-2-1-3-6-13/h4,7-9,11-13,16H,1-3,5-6,10,19H2. The fourth-order valence-corrected chi connectivity index (χ4v) is 3.68. The van der Waals surface area contributed by atoms with E-state index >= 15 is 0 Å². The van der Waals surface area contributed by atoms with Crippen LogP contribution in [0.25, 0.3) is 11.3 Å². The SMILES string of the molecule is NCC(C1CCCCC1)n1cncc1-c1cccc(Cl)c1. The predicted octanol–water partition coefficient (Wildman–Crippen LogP) is 4.28. The van der Waals surface area contributed by atoms with E-state index < -0.39 is 0 Å². The molecule has 1 aliphatic carbocycles. The molecule has 1 heterocycles. The Bertz CT molecular complexity index is 587. The molecule has 1 aromatic heterocycles. The van der Waals surface area contributed by atoms with Crippen LogP contribution in [0, 0.1) is 5.92 Å². The zero-order chi connectivity index (χ0) is 14.7. The number of hydrogen-bond donors (Lipinski definition) is 1. The molecule has 1 fully saturated rings. The summed E-state index contributed by atoms with van der Waals surface area (Å²) < 4.78 is 2.25. The highest BCUT2D eigenvalue weighted by Gasteiger charge is 2.25. The molecular formula is C17H22ClN3. The average molecular weight is 304 g/mol. The summed E-state index contributed by atoms with van der Waals surface area (Å²) in [5.41, 5.74) is 8.31. The van der Waals surface area contributed by atoms with Crippen LogP contribution in [0.1, 0.15) is 38.1 Å². The lowest BCUT2D eigenvalue weighted by Gasteiger charge is -2.31. The van der Waals surface area contributed by atoms with Gasteiger partial charge in [-0.3, -0.25) is 0 Å². The van der Waals surface area contributed by atoms with Gasteiger partial charge < -0.3 is 10.3 Å². The van der Waals surface area contributed by atoms with Crippen molar-refractivity contribution in [2.24, 2.45) is 11.7 Å². The third-order valence-electron chi connectivity index (χ3n) is 4.58. The van der Waals surface area contributed by atoms with Crippen LogP contribution in [-0.4, -0.2) is 16.1 Å². The van der Waals surface area contributed by atoms with Crippen molar-refractivity contribution < 1.29 is 0 Å². The minimum absolute atomic E-state index is 0.335.